The normalized spacial score (nSPS) is 26.2. The molecular formula is C13H23N5O2S. The van der Waals surface area contributed by atoms with Gasteiger partial charge in [-0.3, -0.25) is 9.36 Å². The minimum absolute atomic E-state index is 0.191. The molecule has 1 saturated carbocycles. The van der Waals surface area contributed by atoms with E-state index in [0.717, 1.165) is 19.3 Å². The van der Waals surface area contributed by atoms with Crippen LogP contribution in [0, 0.1) is 0 Å². The molecular weight excluding hydrogens is 290 g/mol. The molecule has 118 valence electrons. The molecule has 1 amide bonds. The highest BCUT2D eigenvalue weighted by molar-refractivity contribution is 7.99. The van der Waals surface area contributed by atoms with Gasteiger partial charge >= 0.3 is 5.69 Å². The molecule has 0 bridgehead atoms. The number of hydrogen-bond acceptors (Lipinski definition) is 5. The number of carbonyl (C=O) groups excluding carboxylic acids is 1. The van der Waals surface area contributed by atoms with Crippen molar-refractivity contribution in [2.24, 2.45) is 12.8 Å². The summed E-state index contributed by atoms with van der Waals surface area (Å²) in [6, 6.07) is 0.191. The van der Waals surface area contributed by atoms with Crippen LogP contribution in [0.1, 0.15) is 39.5 Å². The molecule has 0 saturated heterocycles. The minimum Gasteiger partial charge on any atom is -0.368 e. The summed E-state index contributed by atoms with van der Waals surface area (Å²) in [5.41, 5.74) is 4.77. The second-order valence-corrected chi connectivity index (χ2v) is 7.22. The number of amides is 1. The fraction of sp³-hybridized carbons (Fsp3) is 0.769. The SMILES string of the molecule is CC(C)NC1(C(N)=O)CCCC(Sc2n[nH]c(=O)n2C)C1. The van der Waals surface area contributed by atoms with Crippen molar-refractivity contribution in [1.29, 1.82) is 0 Å². The molecule has 1 aliphatic rings. The summed E-state index contributed by atoms with van der Waals surface area (Å²) in [5.74, 6) is -0.294. The second-order valence-electron chi connectivity index (χ2n) is 5.95. The van der Waals surface area contributed by atoms with Crippen molar-refractivity contribution in [3.8, 4) is 0 Å². The van der Waals surface area contributed by atoms with E-state index in [1.807, 2.05) is 13.8 Å². The number of H-pyrrole nitrogens is 1. The second kappa shape index (κ2) is 6.23. The highest BCUT2D eigenvalue weighted by atomic mass is 32.2. The lowest BCUT2D eigenvalue weighted by atomic mass is 9.80. The number of aromatic amines is 1. The number of rotatable bonds is 5. The molecule has 0 spiro atoms. The molecule has 2 unspecified atom stereocenters. The molecule has 1 fully saturated rings. The Morgan fingerprint density at radius 2 is 2.33 bits per heavy atom. The number of carbonyl (C=O) groups is 1. The molecule has 0 aliphatic heterocycles. The van der Waals surface area contributed by atoms with Gasteiger partial charge in [-0.05, 0) is 39.5 Å². The van der Waals surface area contributed by atoms with Gasteiger partial charge in [-0.15, -0.1) is 5.10 Å². The molecule has 4 N–H and O–H groups in total. The number of aromatic nitrogens is 3. The summed E-state index contributed by atoms with van der Waals surface area (Å²) in [6.45, 7) is 4.03. The highest BCUT2D eigenvalue weighted by Gasteiger charge is 2.42. The molecule has 1 aromatic rings. The Hall–Kier alpha value is -1.28. The van der Waals surface area contributed by atoms with Gasteiger partial charge in [-0.2, -0.15) is 0 Å². The number of hydrogen-bond donors (Lipinski definition) is 3. The van der Waals surface area contributed by atoms with Gasteiger partial charge in [0.25, 0.3) is 0 Å². The Kier molecular flexibility index (Phi) is 4.77. The van der Waals surface area contributed by atoms with Gasteiger partial charge in [0.15, 0.2) is 5.16 Å². The van der Waals surface area contributed by atoms with Crippen LogP contribution in [0.2, 0.25) is 0 Å². The number of thioether (sulfide) groups is 1. The van der Waals surface area contributed by atoms with Crippen molar-refractivity contribution in [3.05, 3.63) is 10.5 Å². The van der Waals surface area contributed by atoms with Crippen LogP contribution in [0.25, 0.3) is 0 Å². The smallest absolute Gasteiger partial charge is 0.343 e. The lowest BCUT2D eigenvalue weighted by molar-refractivity contribution is -0.126. The van der Waals surface area contributed by atoms with Crippen LogP contribution >= 0.6 is 11.8 Å². The van der Waals surface area contributed by atoms with Crippen LogP contribution in [-0.2, 0) is 11.8 Å². The zero-order valence-electron chi connectivity index (χ0n) is 12.7. The number of nitrogens with zero attached hydrogens (tertiary/aromatic N) is 2. The van der Waals surface area contributed by atoms with E-state index in [2.05, 4.69) is 15.5 Å². The fourth-order valence-corrected chi connectivity index (χ4v) is 4.18. The standard InChI is InChI=1S/C13H23N5O2S/c1-8(2)15-13(10(14)19)6-4-5-9(7-13)21-12-17-16-11(20)18(12)3/h8-9,15H,4-7H2,1-3H3,(H2,14,19)(H,16,20). The van der Waals surface area contributed by atoms with Gasteiger partial charge in [0.05, 0.1) is 5.54 Å². The zero-order valence-corrected chi connectivity index (χ0v) is 13.5. The summed E-state index contributed by atoms with van der Waals surface area (Å²) in [4.78, 5) is 23.4. The molecule has 0 aromatic carbocycles. The summed E-state index contributed by atoms with van der Waals surface area (Å²) in [6.07, 6.45) is 3.34. The Balaban J connectivity index is 2.13. The Bertz CT molecular complexity index is 567. The predicted molar refractivity (Wildman–Crippen MR) is 82.1 cm³/mol. The van der Waals surface area contributed by atoms with E-state index in [9.17, 15) is 9.59 Å². The summed E-state index contributed by atoms with van der Waals surface area (Å²) in [5, 5.41) is 10.7. The Morgan fingerprint density at radius 1 is 1.62 bits per heavy atom. The van der Waals surface area contributed by atoms with E-state index in [4.69, 9.17) is 5.73 Å². The lowest BCUT2D eigenvalue weighted by Gasteiger charge is -2.40. The first-order chi connectivity index (χ1) is 9.84. The summed E-state index contributed by atoms with van der Waals surface area (Å²) in [7, 11) is 1.69. The quantitative estimate of drug-likeness (QED) is 0.728. The van der Waals surface area contributed by atoms with Crippen LogP contribution in [-0.4, -0.2) is 37.5 Å². The number of nitrogens with one attached hydrogen (secondary N) is 2. The highest BCUT2D eigenvalue weighted by Crippen LogP contribution is 2.37. The van der Waals surface area contributed by atoms with Gasteiger partial charge < -0.3 is 11.1 Å². The van der Waals surface area contributed by atoms with Gasteiger partial charge in [0.1, 0.15) is 0 Å². The summed E-state index contributed by atoms with van der Waals surface area (Å²) >= 11 is 1.53. The monoisotopic (exact) mass is 313 g/mol. The van der Waals surface area contributed by atoms with Crippen LogP contribution in [0.5, 0.6) is 0 Å². The Morgan fingerprint density at radius 3 is 2.86 bits per heavy atom. The van der Waals surface area contributed by atoms with Crippen LogP contribution in [0.4, 0.5) is 0 Å². The third-order valence-electron chi connectivity index (χ3n) is 3.85. The Labute approximate surface area is 128 Å². The van der Waals surface area contributed by atoms with Crippen molar-refractivity contribution in [2.45, 2.75) is 61.5 Å². The lowest BCUT2D eigenvalue weighted by Crippen LogP contribution is -2.60. The van der Waals surface area contributed by atoms with E-state index >= 15 is 0 Å². The third kappa shape index (κ3) is 3.49. The maximum Gasteiger partial charge on any atom is 0.343 e. The predicted octanol–water partition coefficient (Wildman–Crippen LogP) is 0.365. The molecule has 21 heavy (non-hydrogen) atoms. The molecule has 1 aromatic heterocycles. The van der Waals surface area contributed by atoms with E-state index in [1.54, 1.807) is 7.05 Å². The maximum absolute atomic E-state index is 12.0. The van der Waals surface area contributed by atoms with E-state index < -0.39 is 5.54 Å². The van der Waals surface area contributed by atoms with Crippen LogP contribution in [0.15, 0.2) is 9.95 Å². The molecule has 7 nitrogen and oxygen atoms in total. The van der Waals surface area contributed by atoms with Crippen LogP contribution in [0.3, 0.4) is 0 Å². The molecule has 2 rings (SSSR count). The van der Waals surface area contributed by atoms with Crippen LogP contribution < -0.4 is 16.7 Å². The first-order valence-electron chi connectivity index (χ1n) is 7.20. The van der Waals surface area contributed by atoms with Crippen molar-refractivity contribution in [2.75, 3.05) is 0 Å². The summed E-state index contributed by atoms with van der Waals surface area (Å²) < 4.78 is 1.49. The minimum atomic E-state index is -0.654. The van der Waals surface area contributed by atoms with E-state index in [-0.39, 0.29) is 22.9 Å². The maximum atomic E-state index is 12.0. The average Bonchev–Trinajstić information content (AvgIpc) is 2.70. The average molecular weight is 313 g/mol. The van der Waals surface area contributed by atoms with Gasteiger partial charge in [-0.25, -0.2) is 9.89 Å². The van der Waals surface area contributed by atoms with Crippen molar-refractivity contribution in [3.63, 3.8) is 0 Å². The molecule has 0 radical (unpaired) electrons. The zero-order chi connectivity index (χ0) is 15.6. The van der Waals surface area contributed by atoms with Gasteiger partial charge in [0.2, 0.25) is 5.91 Å². The third-order valence-corrected chi connectivity index (χ3v) is 5.16. The van der Waals surface area contributed by atoms with E-state index in [0.29, 0.717) is 11.6 Å². The fourth-order valence-electron chi connectivity index (χ4n) is 2.89. The van der Waals surface area contributed by atoms with E-state index in [1.165, 1.54) is 16.3 Å². The number of nitrogens with two attached hydrogens (primary N) is 1. The first-order valence-corrected chi connectivity index (χ1v) is 8.08. The van der Waals surface area contributed by atoms with Crippen molar-refractivity contribution >= 4 is 17.7 Å². The first kappa shape index (κ1) is 16.1. The van der Waals surface area contributed by atoms with Gasteiger partial charge in [-0.1, -0.05) is 11.8 Å². The topological polar surface area (TPSA) is 106 Å². The van der Waals surface area contributed by atoms with Crippen molar-refractivity contribution < 1.29 is 4.79 Å². The van der Waals surface area contributed by atoms with Gasteiger partial charge in [0, 0.05) is 18.3 Å². The largest absolute Gasteiger partial charge is 0.368 e. The van der Waals surface area contributed by atoms with Crippen molar-refractivity contribution in [1.82, 2.24) is 20.1 Å². The molecule has 1 heterocycles. The number of primary amides is 1. The molecule has 1 aliphatic carbocycles. The molecule has 2 atom stereocenters. The molecule has 8 heteroatoms.